The fourth-order valence-corrected chi connectivity index (χ4v) is 2.53. The lowest BCUT2D eigenvalue weighted by atomic mass is 9.99. The van der Waals surface area contributed by atoms with E-state index in [4.69, 9.17) is 4.74 Å². The number of ketones is 1. The van der Waals surface area contributed by atoms with Crippen LogP contribution < -0.4 is 4.74 Å². The maximum atomic E-state index is 11.1. The molecule has 0 aliphatic carbocycles. The average Bonchev–Trinajstić information content (AvgIpc) is 2.87. The fourth-order valence-electron chi connectivity index (χ4n) is 2.53. The molecule has 19 heavy (non-hydrogen) atoms. The molecule has 2 heteroatoms. The molecule has 0 fully saturated rings. The highest BCUT2D eigenvalue weighted by Gasteiger charge is 2.16. The molecule has 0 aromatic heterocycles. The number of rotatable bonds is 3. The first kappa shape index (κ1) is 12.0. The first-order valence-corrected chi connectivity index (χ1v) is 6.57. The summed E-state index contributed by atoms with van der Waals surface area (Å²) in [4.78, 5) is 11.1. The lowest BCUT2D eigenvalue weighted by Gasteiger charge is -2.08. The molecular formula is C17H16O2. The van der Waals surface area contributed by atoms with Crippen molar-refractivity contribution in [2.75, 3.05) is 6.61 Å². The Bertz CT molecular complexity index is 612. The van der Waals surface area contributed by atoms with E-state index in [-0.39, 0.29) is 5.78 Å². The van der Waals surface area contributed by atoms with E-state index in [1.54, 1.807) is 6.92 Å². The van der Waals surface area contributed by atoms with Gasteiger partial charge in [0.1, 0.15) is 11.5 Å². The van der Waals surface area contributed by atoms with Gasteiger partial charge in [-0.05, 0) is 23.6 Å². The van der Waals surface area contributed by atoms with Crippen LogP contribution in [0.15, 0.2) is 42.5 Å². The van der Waals surface area contributed by atoms with Gasteiger partial charge in [0.2, 0.25) is 0 Å². The third-order valence-electron chi connectivity index (χ3n) is 3.43. The monoisotopic (exact) mass is 252 g/mol. The van der Waals surface area contributed by atoms with Crippen molar-refractivity contribution in [3.63, 3.8) is 0 Å². The second-order valence-corrected chi connectivity index (χ2v) is 4.97. The third kappa shape index (κ3) is 2.39. The highest BCUT2D eigenvalue weighted by molar-refractivity contribution is 5.79. The number of Topliss-reactive ketones (excluding diaryl/α,β-unsaturated/α-hetero) is 1. The van der Waals surface area contributed by atoms with Gasteiger partial charge in [0, 0.05) is 18.4 Å². The van der Waals surface area contributed by atoms with E-state index in [9.17, 15) is 4.79 Å². The number of para-hydroxylation sites is 1. The number of hydrogen-bond acceptors (Lipinski definition) is 2. The minimum atomic E-state index is 0.191. The maximum absolute atomic E-state index is 11.1. The summed E-state index contributed by atoms with van der Waals surface area (Å²) in [6.07, 6.45) is 1.50. The maximum Gasteiger partial charge on any atom is 0.134 e. The minimum Gasteiger partial charge on any atom is -0.492 e. The number of benzene rings is 2. The molecule has 96 valence electrons. The number of carbonyl (C=O) groups excluding carboxylic acids is 1. The van der Waals surface area contributed by atoms with E-state index in [1.165, 1.54) is 5.56 Å². The summed E-state index contributed by atoms with van der Waals surface area (Å²) in [5, 5.41) is 0. The fraction of sp³-hybridized carbons (Fsp3) is 0.235. The zero-order chi connectivity index (χ0) is 13.2. The smallest absolute Gasteiger partial charge is 0.134 e. The van der Waals surface area contributed by atoms with Gasteiger partial charge in [-0.25, -0.2) is 0 Å². The molecule has 2 aromatic rings. The molecule has 0 bridgehead atoms. The van der Waals surface area contributed by atoms with Crippen molar-refractivity contribution in [1.29, 1.82) is 0 Å². The lowest BCUT2D eigenvalue weighted by molar-refractivity contribution is -0.116. The molecule has 0 unspecified atom stereocenters. The first-order chi connectivity index (χ1) is 9.24. The first-order valence-electron chi connectivity index (χ1n) is 6.57. The van der Waals surface area contributed by atoms with Crippen molar-refractivity contribution >= 4 is 5.78 Å². The van der Waals surface area contributed by atoms with Gasteiger partial charge in [0.15, 0.2) is 0 Å². The van der Waals surface area contributed by atoms with Gasteiger partial charge in [-0.1, -0.05) is 42.5 Å². The van der Waals surface area contributed by atoms with Crippen LogP contribution in [0.1, 0.15) is 18.1 Å². The average molecular weight is 252 g/mol. The summed E-state index contributed by atoms with van der Waals surface area (Å²) in [5.41, 5.74) is 4.63. The van der Waals surface area contributed by atoms with Crippen molar-refractivity contribution in [2.45, 2.75) is 19.8 Å². The van der Waals surface area contributed by atoms with Crippen molar-refractivity contribution in [3.05, 3.63) is 53.6 Å². The SMILES string of the molecule is CC(=O)Cc1ccc(-c2cccc3c2OCC3)cc1. The summed E-state index contributed by atoms with van der Waals surface area (Å²) >= 11 is 0. The normalized spacial score (nSPS) is 12.9. The standard InChI is InChI=1S/C17H16O2/c1-12(18)11-13-5-7-14(8-6-13)16-4-2-3-15-9-10-19-17(15)16/h2-8H,9-11H2,1H3. The van der Waals surface area contributed by atoms with Gasteiger partial charge in [-0.3, -0.25) is 4.79 Å². The Balaban J connectivity index is 1.95. The Labute approximate surface area is 113 Å². The van der Waals surface area contributed by atoms with Gasteiger partial charge in [0.25, 0.3) is 0 Å². The highest BCUT2D eigenvalue weighted by atomic mass is 16.5. The van der Waals surface area contributed by atoms with E-state index < -0.39 is 0 Å². The topological polar surface area (TPSA) is 26.3 Å². The quantitative estimate of drug-likeness (QED) is 0.836. The van der Waals surface area contributed by atoms with Crippen LogP contribution in [-0.2, 0) is 17.6 Å². The number of hydrogen-bond donors (Lipinski definition) is 0. The molecule has 0 N–H and O–H groups in total. The molecule has 0 amide bonds. The highest BCUT2D eigenvalue weighted by Crippen LogP contribution is 2.36. The molecule has 2 aromatic carbocycles. The summed E-state index contributed by atoms with van der Waals surface area (Å²) in [6, 6.07) is 14.5. The van der Waals surface area contributed by atoms with Crippen molar-refractivity contribution < 1.29 is 9.53 Å². The molecular weight excluding hydrogens is 236 g/mol. The van der Waals surface area contributed by atoms with E-state index in [0.29, 0.717) is 6.42 Å². The Kier molecular flexibility index (Phi) is 3.08. The van der Waals surface area contributed by atoms with Crippen molar-refractivity contribution in [3.8, 4) is 16.9 Å². The molecule has 1 aliphatic rings. The largest absolute Gasteiger partial charge is 0.492 e. The molecule has 1 heterocycles. The van der Waals surface area contributed by atoms with Crippen LogP contribution in [0, 0.1) is 0 Å². The van der Waals surface area contributed by atoms with E-state index in [2.05, 4.69) is 30.3 Å². The second-order valence-electron chi connectivity index (χ2n) is 4.97. The molecule has 0 atom stereocenters. The summed E-state index contributed by atoms with van der Waals surface area (Å²) in [6.45, 7) is 2.39. The number of carbonyl (C=O) groups is 1. The van der Waals surface area contributed by atoms with Gasteiger partial charge in [-0.2, -0.15) is 0 Å². The van der Waals surface area contributed by atoms with Crippen LogP contribution in [0.25, 0.3) is 11.1 Å². The molecule has 0 saturated heterocycles. The number of fused-ring (bicyclic) bond motifs is 1. The van der Waals surface area contributed by atoms with Crippen molar-refractivity contribution in [1.82, 2.24) is 0 Å². The van der Waals surface area contributed by atoms with Crippen LogP contribution in [0.4, 0.5) is 0 Å². The molecule has 2 nitrogen and oxygen atoms in total. The summed E-state index contributed by atoms with van der Waals surface area (Å²) in [7, 11) is 0. The lowest BCUT2D eigenvalue weighted by Crippen LogP contribution is -1.95. The zero-order valence-corrected chi connectivity index (χ0v) is 11.0. The Morgan fingerprint density at radius 1 is 1.16 bits per heavy atom. The summed E-state index contributed by atoms with van der Waals surface area (Å²) < 4.78 is 5.72. The predicted molar refractivity (Wildman–Crippen MR) is 75.5 cm³/mol. The van der Waals surface area contributed by atoms with E-state index in [1.807, 2.05) is 12.1 Å². The third-order valence-corrected chi connectivity index (χ3v) is 3.43. The molecule has 0 spiro atoms. The van der Waals surface area contributed by atoms with Crippen LogP contribution in [-0.4, -0.2) is 12.4 Å². The number of ether oxygens (including phenoxy) is 1. The van der Waals surface area contributed by atoms with Crippen molar-refractivity contribution in [2.24, 2.45) is 0 Å². The Morgan fingerprint density at radius 2 is 1.95 bits per heavy atom. The van der Waals surface area contributed by atoms with Gasteiger partial charge in [0.05, 0.1) is 6.61 Å². The van der Waals surface area contributed by atoms with Crippen LogP contribution in [0.5, 0.6) is 5.75 Å². The second kappa shape index (κ2) is 4.88. The Morgan fingerprint density at radius 3 is 2.68 bits per heavy atom. The van der Waals surface area contributed by atoms with Crippen LogP contribution in [0.3, 0.4) is 0 Å². The summed E-state index contributed by atoms with van der Waals surface area (Å²) in [5.74, 6) is 1.21. The van der Waals surface area contributed by atoms with Gasteiger partial charge >= 0.3 is 0 Å². The van der Waals surface area contributed by atoms with E-state index in [0.717, 1.165) is 35.5 Å². The Hall–Kier alpha value is -2.09. The van der Waals surface area contributed by atoms with Crippen LogP contribution in [0.2, 0.25) is 0 Å². The van der Waals surface area contributed by atoms with Crippen LogP contribution >= 0.6 is 0 Å². The van der Waals surface area contributed by atoms with E-state index >= 15 is 0 Å². The minimum absolute atomic E-state index is 0.191. The predicted octanol–water partition coefficient (Wildman–Crippen LogP) is 3.42. The molecule has 3 rings (SSSR count). The van der Waals surface area contributed by atoms with Gasteiger partial charge < -0.3 is 4.74 Å². The molecule has 1 aliphatic heterocycles. The molecule has 0 radical (unpaired) electrons. The molecule has 0 saturated carbocycles. The zero-order valence-electron chi connectivity index (χ0n) is 11.0. The van der Waals surface area contributed by atoms with Gasteiger partial charge in [-0.15, -0.1) is 0 Å².